The highest BCUT2D eigenvalue weighted by molar-refractivity contribution is 5.88. The number of carbonyl (C=O) groups is 6. The largest absolute Gasteiger partial charge is 0.455 e. The molecule has 24 rings (SSSR count). The summed E-state index contributed by atoms with van der Waals surface area (Å²) in [5.41, 5.74) is 3.34. The molecule has 24 saturated carbocycles. The lowest BCUT2D eigenvalue weighted by Crippen LogP contribution is -2.65. The summed E-state index contributed by atoms with van der Waals surface area (Å²) in [5, 5.41) is 0. The van der Waals surface area contributed by atoms with E-state index in [4.69, 9.17) is 28.4 Å². The zero-order valence-corrected chi connectivity index (χ0v) is 97.6. The first-order valence-electron chi connectivity index (χ1n) is 61.8. The van der Waals surface area contributed by atoms with Gasteiger partial charge >= 0.3 is 35.8 Å². The number of ether oxygens (including phenoxy) is 6. The quantitative estimate of drug-likeness (QED) is 0.0246. The number of unbranched alkanes of at least 4 members (excludes halogenated alkanes) is 6. The Bertz CT molecular complexity index is 4290. The molecule has 0 N–H and O–H groups in total. The van der Waals surface area contributed by atoms with Crippen molar-refractivity contribution in [2.75, 3.05) is 0 Å². The fourth-order valence-corrected chi connectivity index (χ4v) is 40.6. The maximum absolute atomic E-state index is 12.6. The summed E-state index contributed by atoms with van der Waals surface area (Å²) in [4.78, 5) is 74.5. The summed E-state index contributed by atoms with van der Waals surface area (Å²) >= 11 is 0. The van der Waals surface area contributed by atoms with Crippen molar-refractivity contribution in [3.05, 3.63) is 74.4 Å². The molecule has 0 aromatic carbocycles. The summed E-state index contributed by atoms with van der Waals surface area (Å²) in [6.07, 6.45) is 72.3. The van der Waals surface area contributed by atoms with E-state index in [0.29, 0.717) is 156 Å². The average Bonchev–Trinajstić information content (AvgIpc) is 0.677. The van der Waals surface area contributed by atoms with Gasteiger partial charge in [0.2, 0.25) is 0 Å². The van der Waals surface area contributed by atoms with Crippen LogP contribution < -0.4 is 0 Å². The Kier molecular flexibility index (Phi) is 38.9. The first-order chi connectivity index (χ1) is 68.6. The molecule has 24 bridgehead atoms. The Balaban J connectivity index is 0.000000146. The van der Waals surface area contributed by atoms with E-state index >= 15 is 0 Å². The van der Waals surface area contributed by atoms with Gasteiger partial charge in [-0.1, -0.05) is 281 Å². The minimum absolute atomic E-state index is 0.148. The predicted molar refractivity (Wildman–Crippen MR) is 596 cm³/mol. The van der Waals surface area contributed by atoms with Crippen molar-refractivity contribution in [3.8, 4) is 0 Å². The van der Waals surface area contributed by atoms with Gasteiger partial charge < -0.3 is 28.4 Å². The minimum atomic E-state index is -0.236. The van der Waals surface area contributed by atoms with Gasteiger partial charge in [-0.25, -0.2) is 28.8 Å². The Labute approximate surface area is 887 Å². The summed E-state index contributed by atoms with van der Waals surface area (Å²) in [6, 6.07) is 0. The highest BCUT2D eigenvalue weighted by Crippen LogP contribution is 2.74. The standard InChI is InChI=1S/2C23H38O2.3C22H36O2.C21H34O2/c1-7-16(4)8-9-17(5)23(25-21(24)15(2)3)19-10-18-11-20(23)14-22(6,12-18)13-19;1-6-7-8-9-10-17(4)23(25-21(24)16(2)3)19-11-18-12-20(23)15-22(5,13-18)14-19;1-6-15(3)8-9-16(4)22(24-20(23)7-2)18-10-17-11-19(22)14-21(5,12-17)13-18;1-6-8-17(9-7-2)22(24-20(23)15(3)4)18-10-16-11-19(22)14-21(5,12-16)13-18;1-5-7-8-9-10-16(3)22(24-20(23)6-2)18-11-17-12-19(22)15-21(4,13-17)14-18;1-5-8-16(9-6-2)21(23-19(22)7-3)17-10-15-11-18(21)14-20(4,12-15)13-17/h16-20H,2,7-14H2,1,3-6H3;17-20H,2,6-15H2,1,3-5H3;7,15-19H,2,6,8-14H2,1,3-5H3;16-19H,3,6-14H2,1-2,4-5H3;6,16-19H,2,5,7-15H2,1,3-4H3;7,15-18H,3,5-6,8-14H2,1-2,4H3. The maximum atomic E-state index is 12.6. The van der Waals surface area contributed by atoms with Crippen LogP contribution in [-0.4, -0.2) is 69.4 Å². The SMILES string of the molecule is C=C(C)C(=O)OC1(C(C)CCC(C)CC)C2CC3CC1CC(C)(C3)C2.C=C(C)C(=O)OC1(C(C)CCCCCC)C2CC3CC1CC(C)(C3)C2.C=C(C)C(=O)OC1(C(CCC)CCC)C2CC3CC1CC(C)(C3)C2.C=CC(=O)OC1(C(C)CCC(C)CC)C2CC3CC1CC(C)(C3)C2.C=CC(=O)OC1(C(C)CCCCCC)C2CC3CC1CC(C)(C3)C2.C=CC(=O)OC1(C(CCC)CCC)C2CC3CC1CC(C)(C3)C2. The molecule has 0 aromatic heterocycles. The topological polar surface area (TPSA) is 158 Å². The molecule has 0 radical (unpaired) electrons. The molecule has 12 nitrogen and oxygen atoms in total. The van der Waals surface area contributed by atoms with Crippen molar-refractivity contribution in [1.82, 2.24) is 0 Å². The van der Waals surface area contributed by atoms with E-state index in [1.54, 1.807) is 20.8 Å². The molecule has 18 unspecified atom stereocenters. The number of hydrogen-bond donors (Lipinski definition) is 0. The average molecular weight is 2010 g/mol. The molecule has 12 heteroatoms. The minimum Gasteiger partial charge on any atom is -0.455 e. The van der Waals surface area contributed by atoms with Crippen molar-refractivity contribution in [2.45, 2.75) is 540 Å². The Morgan fingerprint density at radius 2 is 0.434 bits per heavy atom. The molecule has 0 saturated heterocycles. The van der Waals surface area contributed by atoms with E-state index in [1.807, 2.05) is 0 Å². The molecule has 24 aliphatic rings. The number of rotatable bonds is 44. The first-order valence-corrected chi connectivity index (χ1v) is 61.8. The molecule has 0 aromatic rings. The van der Waals surface area contributed by atoms with Crippen LogP contribution in [0.25, 0.3) is 0 Å². The van der Waals surface area contributed by atoms with E-state index in [9.17, 15) is 28.8 Å². The second kappa shape index (κ2) is 48.1. The summed E-state index contributed by atoms with van der Waals surface area (Å²) in [5.74, 6) is 15.3. The van der Waals surface area contributed by atoms with Crippen molar-refractivity contribution < 1.29 is 57.2 Å². The highest BCUT2D eigenvalue weighted by Gasteiger charge is 2.72. The second-order valence-electron chi connectivity index (χ2n) is 57.5. The summed E-state index contributed by atoms with van der Waals surface area (Å²) < 4.78 is 38.1. The van der Waals surface area contributed by atoms with Gasteiger partial charge in [-0.15, -0.1) is 0 Å². The van der Waals surface area contributed by atoms with Crippen LogP contribution in [0.3, 0.4) is 0 Å². The van der Waals surface area contributed by atoms with Gasteiger partial charge in [-0.3, -0.25) is 0 Å². The third-order valence-corrected chi connectivity index (χ3v) is 45.3. The molecule has 18 atom stereocenters. The monoisotopic (exact) mass is 2010 g/mol. The van der Waals surface area contributed by atoms with E-state index in [-0.39, 0.29) is 69.4 Å². The van der Waals surface area contributed by atoms with Gasteiger partial charge in [-0.05, 0) is 380 Å². The van der Waals surface area contributed by atoms with E-state index in [2.05, 4.69) is 178 Å². The Hall–Kier alpha value is -4.74. The lowest BCUT2D eigenvalue weighted by atomic mass is 9.42. The van der Waals surface area contributed by atoms with Gasteiger partial charge in [0.1, 0.15) is 33.6 Å². The number of carbonyl (C=O) groups excluding carboxylic acids is 6. The van der Waals surface area contributed by atoms with Crippen molar-refractivity contribution >= 4 is 35.8 Å². The Morgan fingerprint density at radius 1 is 0.248 bits per heavy atom. The van der Waals surface area contributed by atoms with Gasteiger partial charge in [0, 0.05) is 106 Å². The molecule has 0 spiro atoms. The van der Waals surface area contributed by atoms with Gasteiger partial charge in [0.05, 0.1) is 0 Å². The van der Waals surface area contributed by atoms with Crippen molar-refractivity contribution in [3.63, 3.8) is 0 Å². The van der Waals surface area contributed by atoms with Crippen LogP contribution in [0.1, 0.15) is 506 Å². The van der Waals surface area contributed by atoms with E-state index in [0.717, 1.165) is 47.3 Å². The first kappa shape index (κ1) is 117. The van der Waals surface area contributed by atoms with Crippen LogP contribution in [0.4, 0.5) is 0 Å². The maximum Gasteiger partial charge on any atom is 0.333 e. The number of esters is 6. The second-order valence-corrected chi connectivity index (χ2v) is 57.5. The fraction of sp³-hybridized carbons (Fsp3) is 0.865. The smallest absolute Gasteiger partial charge is 0.333 e. The molecule has 0 heterocycles. The lowest BCUT2D eigenvalue weighted by Gasteiger charge is -2.66. The number of hydrogen-bond acceptors (Lipinski definition) is 12. The van der Waals surface area contributed by atoms with E-state index < -0.39 is 0 Å². The summed E-state index contributed by atoms with van der Waals surface area (Å²) in [6.45, 7) is 75.1. The van der Waals surface area contributed by atoms with Crippen LogP contribution in [0.2, 0.25) is 0 Å². The molecule has 24 fully saturated rings. The predicted octanol–water partition coefficient (Wildman–Crippen LogP) is 35.5. The van der Waals surface area contributed by atoms with Crippen molar-refractivity contribution in [1.29, 1.82) is 0 Å². The molecular formula is C133H218O12. The normalized spacial score (nSPS) is 41.1. The van der Waals surface area contributed by atoms with E-state index in [1.165, 1.54) is 365 Å². The molecule has 24 aliphatic carbocycles. The Morgan fingerprint density at radius 3 is 0.621 bits per heavy atom. The highest BCUT2D eigenvalue weighted by atomic mass is 16.6. The zero-order chi connectivity index (χ0) is 106. The molecule has 145 heavy (non-hydrogen) atoms. The van der Waals surface area contributed by atoms with Gasteiger partial charge in [0.15, 0.2) is 0 Å². The molecule has 0 aliphatic heterocycles. The van der Waals surface area contributed by atoms with Gasteiger partial charge in [-0.2, -0.15) is 0 Å². The van der Waals surface area contributed by atoms with Crippen LogP contribution in [0.15, 0.2) is 74.4 Å². The van der Waals surface area contributed by atoms with Crippen LogP contribution in [-0.2, 0) is 57.2 Å². The van der Waals surface area contributed by atoms with Gasteiger partial charge in [0.25, 0.3) is 0 Å². The van der Waals surface area contributed by atoms with Crippen LogP contribution >= 0.6 is 0 Å². The third kappa shape index (κ3) is 24.5. The fourth-order valence-electron chi connectivity index (χ4n) is 40.6. The van der Waals surface area contributed by atoms with Crippen molar-refractivity contribution in [2.24, 2.45) is 186 Å². The molecule has 0 amide bonds. The molecular weight excluding hydrogens is 1790 g/mol. The third-order valence-electron chi connectivity index (χ3n) is 45.3. The zero-order valence-electron chi connectivity index (χ0n) is 97.6. The lowest BCUT2D eigenvalue weighted by molar-refractivity contribution is -0.241. The summed E-state index contributed by atoms with van der Waals surface area (Å²) in [7, 11) is 0. The molecule has 822 valence electrons. The van der Waals surface area contributed by atoms with Crippen LogP contribution in [0.5, 0.6) is 0 Å². The van der Waals surface area contributed by atoms with Crippen LogP contribution in [0, 0.1) is 186 Å².